The standard InChI is InChI=1S/C49H31N7/c50-32-42-29-28-40(39-22-13-23-41(30-39)49-55-46(36-18-9-3-10-19-36)52-47(56-49)37-20-11-4-12-21-37)31-43(42)33-24-26-38(27-25-33)48-53-44(34-14-5-1-6-15-34)51-45(54-48)35-16-7-2-8-17-35/h1-31H. The van der Waals surface area contributed by atoms with Gasteiger partial charge in [-0.25, -0.2) is 29.9 Å². The van der Waals surface area contributed by atoms with Crippen molar-refractivity contribution in [1.82, 2.24) is 29.9 Å². The Kier molecular flexibility index (Phi) is 9.18. The molecule has 7 aromatic carbocycles. The summed E-state index contributed by atoms with van der Waals surface area (Å²) in [7, 11) is 0. The van der Waals surface area contributed by atoms with Gasteiger partial charge in [0.15, 0.2) is 34.9 Å². The predicted molar refractivity (Wildman–Crippen MR) is 221 cm³/mol. The highest BCUT2D eigenvalue weighted by Gasteiger charge is 2.16. The highest BCUT2D eigenvalue weighted by molar-refractivity contribution is 5.80. The van der Waals surface area contributed by atoms with Crippen LogP contribution in [0.2, 0.25) is 0 Å². The largest absolute Gasteiger partial charge is 0.208 e. The Labute approximate surface area is 324 Å². The number of benzene rings is 7. The van der Waals surface area contributed by atoms with Crippen LogP contribution >= 0.6 is 0 Å². The van der Waals surface area contributed by atoms with Crippen molar-refractivity contribution >= 4 is 0 Å². The molecule has 0 saturated heterocycles. The molecule has 0 aliphatic rings. The number of rotatable bonds is 8. The number of hydrogen-bond donors (Lipinski definition) is 0. The lowest BCUT2D eigenvalue weighted by Crippen LogP contribution is -2.00. The monoisotopic (exact) mass is 717 g/mol. The number of aromatic nitrogens is 6. The lowest BCUT2D eigenvalue weighted by Gasteiger charge is -2.12. The lowest BCUT2D eigenvalue weighted by atomic mass is 9.94. The molecule has 0 atom stereocenters. The summed E-state index contributed by atoms with van der Waals surface area (Å²) < 4.78 is 0. The molecule has 0 amide bonds. The Hall–Kier alpha value is -7.95. The van der Waals surface area contributed by atoms with Crippen molar-refractivity contribution in [2.45, 2.75) is 0 Å². The van der Waals surface area contributed by atoms with Crippen molar-refractivity contribution in [3.05, 3.63) is 194 Å². The number of nitriles is 1. The van der Waals surface area contributed by atoms with Crippen LogP contribution in [0.5, 0.6) is 0 Å². The zero-order chi connectivity index (χ0) is 37.7. The third-order valence-corrected chi connectivity index (χ3v) is 9.45. The molecular formula is C49H31N7. The molecule has 0 radical (unpaired) electrons. The second-order valence-corrected chi connectivity index (χ2v) is 13.1. The molecule has 0 bridgehead atoms. The molecule has 2 aromatic heterocycles. The maximum absolute atomic E-state index is 10.2. The minimum Gasteiger partial charge on any atom is -0.208 e. The van der Waals surface area contributed by atoms with E-state index in [9.17, 15) is 5.26 Å². The maximum atomic E-state index is 10.2. The van der Waals surface area contributed by atoms with E-state index in [0.29, 0.717) is 40.5 Å². The van der Waals surface area contributed by atoms with Crippen LogP contribution in [0.25, 0.3) is 90.6 Å². The summed E-state index contributed by atoms with van der Waals surface area (Å²) >= 11 is 0. The minimum atomic E-state index is 0.569. The molecule has 9 rings (SSSR count). The molecule has 0 aliphatic heterocycles. The molecular weight excluding hydrogens is 687 g/mol. The molecule has 0 N–H and O–H groups in total. The van der Waals surface area contributed by atoms with E-state index >= 15 is 0 Å². The summed E-state index contributed by atoms with van der Waals surface area (Å²) in [5.74, 6) is 3.56. The third kappa shape index (κ3) is 7.06. The fourth-order valence-corrected chi connectivity index (χ4v) is 6.57. The quantitative estimate of drug-likeness (QED) is 0.154. The Balaban J connectivity index is 1.07. The average molecular weight is 718 g/mol. The van der Waals surface area contributed by atoms with Gasteiger partial charge < -0.3 is 0 Å². The Morgan fingerprint density at radius 3 is 0.982 bits per heavy atom. The molecule has 262 valence electrons. The molecule has 0 saturated carbocycles. The Morgan fingerprint density at radius 2 is 0.571 bits per heavy atom. The molecule has 0 fully saturated rings. The van der Waals surface area contributed by atoms with Gasteiger partial charge in [-0.3, -0.25) is 0 Å². The van der Waals surface area contributed by atoms with Crippen LogP contribution in [0.4, 0.5) is 0 Å². The van der Waals surface area contributed by atoms with Crippen LogP contribution in [0.15, 0.2) is 188 Å². The van der Waals surface area contributed by atoms with Gasteiger partial charge in [0, 0.05) is 38.9 Å². The van der Waals surface area contributed by atoms with Gasteiger partial charge >= 0.3 is 0 Å². The van der Waals surface area contributed by atoms with E-state index < -0.39 is 0 Å². The van der Waals surface area contributed by atoms with Gasteiger partial charge in [0.25, 0.3) is 0 Å². The van der Waals surface area contributed by atoms with Crippen molar-refractivity contribution in [3.63, 3.8) is 0 Å². The SMILES string of the molecule is N#Cc1ccc(-c2cccc(-c3nc(-c4ccccc4)nc(-c4ccccc4)n3)c2)cc1-c1ccc(-c2nc(-c3ccccc3)nc(-c3ccccc3)n2)cc1. The molecule has 2 heterocycles. The normalized spacial score (nSPS) is 10.8. The van der Waals surface area contributed by atoms with Crippen LogP contribution in [0.1, 0.15) is 5.56 Å². The molecule has 0 spiro atoms. The highest BCUT2D eigenvalue weighted by atomic mass is 15.0. The summed E-state index contributed by atoms with van der Waals surface area (Å²) in [6, 6.07) is 64.2. The predicted octanol–water partition coefficient (Wildman–Crippen LogP) is 11.3. The van der Waals surface area contributed by atoms with Crippen LogP contribution in [-0.4, -0.2) is 29.9 Å². The molecule has 0 aliphatic carbocycles. The number of hydrogen-bond acceptors (Lipinski definition) is 7. The van der Waals surface area contributed by atoms with E-state index in [0.717, 1.165) is 55.6 Å². The first-order valence-electron chi connectivity index (χ1n) is 18.2. The van der Waals surface area contributed by atoms with Crippen LogP contribution in [-0.2, 0) is 0 Å². The summed E-state index contributed by atoms with van der Waals surface area (Å²) in [6.45, 7) is 0. The van der Waals surface area contributed by atoms with Crippen molar-refractivity contribution in [2.24, 2.45) is 0 Å². The van der Waals surface area contributed by atoms with Gasteiger partial charge in [0.05, 0.1) is 11.6 Å². The second kappa shape index (κ2) is 15.2. The van der Waals surface area contributed by atoms with E-state index in [2.05, 4.69) is 24.3 Å². The van der Waals surface area contributed by atoms with Gasteiger partial charge in [0.2, 0.25) is 0 Å². The van der Waals surface area contributed by atoms with Crippen LogP contribution < -0.4 is 0 Å². The topological polar surface area (TPSA) is 101 Å². The Bertz CT molecular complexity index is 2720. The van der Waals surface area contributed by atoms with Gasteiger partial charge in [0.1, 0.15) is 0 Å². The summed E-state index contributed by atoms with van der Waals surface area (Å²) in [4.78, 5) is 29.3. The smallest absolute Gasteiger partial charge is 0.164 e. The lowest BCUT2D eigenvalue weighted by molar-refractivity contribution is 1.07. The van der Waals surface area contributed by atoms with E-state index in [4.69, 9.17) is 29.9 Å². The second-order valence-electron chi connectivity index (χ2n) is 13.1. The van der Waals surface area contributed by atoms with E-state index in [-0.39, 0.29) is 0 Å². The van der Waals surface area contributed by atoms with Crippen molar-refractivity contribution in [3.8, 4) is 96.7 Å². The zero-order valence-corrected chi connectivity index (χ0v) is 30.0. The van der Waals surface area contributed by atoms with Crippen molar-refractivity contribution < 1.29 is 0 Å². The van der Waals surface area contributed by atoms with Crippen molar-refractivity contribution in [2.75, 3.05) is 0 Å². The molecule has 0 unspecified atom stereocenters. The molecule has 9 aromatic rings. The minimum absolute atomic E-state index is 0.569. The highest BCUT2D eigenvalue weighted by Crippen LogP contribution is 2.34. The van der Waals surface area contributed by atoms with E-state index in [1.807, 2.05) is 170 Å². The summed E-state index contributed by atoms with van der Waals surface area (Å²) in [5.41, 5.74) is 9.59. The van der Waals surface area contributed by atoms with Crippen molar-refractivity contribution in [1.29, 1.82) is 5.26 Å². The molecule has 7 nitrogen and oxygen atoms in total. The molecule has 56 heavy (non-hydrogen) atoms. The first kappa shape index (κ1) is 33.9. The fourth-order valence-electron chi connectivity index (χ4n) is 6.57. The number of nitrogens with zero attached hydrogens (tertiary/aromatic N) is 7. The van der Waals surface area contributed by atoms with Crippen LogP contribution in [0, 0.1) is 11.3 Å². The van der Waals surface area contributed by atoms with Gasteiger partial charge in [-0.15, -0.1) is 0 Å². The Morgan fingerprint density at radius 1 is 0.268 bits per heavy atom. The fraction of sp³-hybridized carbons (Fsp3) is 0. The van der Waals surface area contributed by atoms with Gasteiger partial charge in [-0.2, -0.15) is 5.26 Å². The first-order valence-corrected chi connectivity index (χ1v) is 18.2. The maximum Gasteiger partial charge on any atom is 0.164 e. The molecule has 7 heteroatoms. The van der Waals surface area contributed by atoms with Gasteiger partial charge in [-0.1, -0.05) is 170 Å². The van der Waals surface area contributed by atoms with E-state index in [1.165, 1.54) is 0 Å². The van der Waals surface area contributed by atoms with E-state index in [1.54, 1.807) is 0 Å². The zero-order valence-electron chi connectivity index (χ0n) is 30.0. The third-order valence-electron chi connectivity index (χ3n) is 9.45. The summed E-state index contributed by atoms with van der Waals surface area (Å²) in [6.07, 6.45) is 0. The summed E-state index contributed by atoms with van der Waals surface area (Å²) in [5, 5.41) is 10.2. The first-order chi connectivity index (χ1) is 27.7. The van der Waals surface area contributed by atoms with Crippen LogP contribution in [0.3, 0.4) is 0 Å². The average Bonchev–Trinajstić information content (AvgIpc) is 3.30. The van der Waals surface area contributed by atoms with Gasteiger partial charge in [-0.05, 0) is 34.9 Å².